The molecule has 1 fully saturated rings. The van der Waals surface area contributed by atoms with Crippen molar-refractivity contribution in [2.45, 2.75) is 38.0 Å². The van der Waals surface area contributed by atoms with Gasteiger partial charge in [-0.3, -0.25) is 14.5 Å². The Labute approximate surface area is 202 Å². The number of benzene rings is 2. The average Bonchev–Trinajstić information content (AvgIpc) is 3.48. The first-order valence-corrected chi connectivity index (χ1v) is 11.3. The van der Waals surface area contributed by atoms with Crippen molar-refractivity contribution in [3.8, 4) is 0 Å². The molecule has 0 bridgehead atoms. The molecule has 0 radical (unpaired) electrons. The molecule has 3 heterocycles. The number of alkyl halides is 3. The van der Waals surface area contributed by atoms with Gasteiger partial charge in [-0.05, 0) is 47.4 Å². The lowest BCUT2D eigenvalue weighted by Gasteiger charge is -2.23. The van der Waals surface area contributed by atoms with E-state index in [1.165, 1.54) is 15.9 Å². The van der Waals surface area contributed by atoms with Crippen LogP contribution in [0.25, 0.3) is 11.0 Å². The molecule has 0 aliphatic carbocycles. The largest absolute Gasteiger partial charge is 0.416 e. The highest BCUT2D eigenvalue weighted by Crippen LogP contribution is 2.32. The second kappa shape index (κ2) is 9.40. The van der Waals surface area contributed by atoms with E-state index in [-0.39, 0.29) is 22.5 Å². The van der Waals surface area contributed by atoms with E-state index in [0.29, 0.717) is 32.4 Å². The fraction of sp³-hybridized carbons (Fsp3) is 0.304. The number of nitrogens with zero attached hydrogens (tertiary/aromatic N) is 6. The second-order valence-corrected chi connectivity index (χ2v) is 8.45. The summed E-state index contributed by atoms with van der Waals surface area (Å²) in [5.74, 6) is -1.02. The summed E-state index contributed by atoms with van der Waals surface area (Å²) in [6, 6.07) is 10.1. The van der Waals surface area contributed by atoms with Gasteiger partial charge in [-0.2, -0.15) is 13.2 Å². The molecular formula is C23H21F3N8O2. The van der Waals surface area contributed by atoms with Crippen molar-refractivity contribution in [3.05, 3.63) is 65.5 Å². The number of aromatic nitrogens is 6. The van der Waals surface area contributed by atoms with Crippen LogP contribution in [0.15, 0.2) is 48.8 Å². The van der Waals surface area contributed by atoms with Crippen LogP contribution in [-0.2, 0) is 17.5 Å². The number of imidazole rings is 1. The van der Waals surface area contributed by atoms with Crippen LogP contribution >= 0.6 is 0 Å². The van der Waals surface area contributed by atoms with E-state index in [0.717, 1.165) is 17.7 Å². The van der Waals surface area contributed by atoms with Crippen molar-refractivity contribution in [2.24, 2.45) is 0 Å². The molecule has 36 heavy (non-hydrogen) atoms. The fourth-order valence-electron chi connectivity index (χ4n) is 4.25. The number of rotatable bonds is 5. The highest BCUT2D eigenvalue weighted by molar-refractivity contribution is 6.07. The highest BCUT2D eigenvalue weighted by atomic mass is 19.4. The predicted molar refractivity (Wildman–Crippen MR) is 122 cm³/mol. The summed E-state index contributed by atoms with van der Waals surface area (Å²) >= 11 is 0. The third-order valence-electron chi connectivity index (χ3n) is 6.02. The quantitative estimate of drug-likeness (QED) is 0.436. The van der Waals surface area contributed by atoms with Crippen molar-refractivity contribution in [1.82, 2.24) is 35.5 Å². The summed E-state index contributed by atoms with van der Waals surface area (Å²) in [6.45, 7) is 0.679. The van der Waals surface area contributed by atoms with E-state index in [1.54, 1.807) is 0 Å². The summed E-state index contributed by atoms with van der Waals surface area (Å²) in [6.07, 6.45) is -1.85. The molecule has 4 aromatic rings. The molecule has 1 unspecified atom stereocenters. The number of nitrogens with one attached hydrogen (secondary N) is 2. The van der Waals surface area contributed by atoms with Crippen LogP contribution < -0.4 is 10.2 Å². The summed E-state index contributed by atoms with van der Waals surface area (Å²) in [5, 5.41) is 14.4. The third-order valence-corrected chi connectivity index (χ3v) is 6.02. The number of carbonyl (C=O) groups is 2. The zero-order valence-electron chi connectivity index (χ0n) is 18.9. The lowest BCUT2D eigenvalue weighted by atomic mass is 10.1. The molecule has 1 atom stereocenters. The Morgan fingerprint density at radius 2 is 1.97 bits per heavy atom. The van der Waals surface area contributed by atoms with Crippen LogP contribution in [0, 0.1) is 0 Å². The molecule has 2 amide bonds. The van der Waals surface area contributed by atoms with E-state index in [4.69, 9.17) is 0 Å². The number of anilines is 1. The first kappa shape index (κ1) is 23.5. The zero-order chi connectivity index (χ0) is 25.3. The Bertz CT molecular complexity index is 1400. The molecule has 5 rings (SSSR count). The minimum atomic E-state index is -4.65. The summed E-state index contributed by atoms with van der Waals surface area (Å²) < 4.78 is 41.7. The molecule has 0 spiro atoms. The van der Waals surface area contributed by atoms with E-state index < -0.39 is 29.6 Å². The number of fused-ring (bicyclic) bond motifs is 1. The molecule has 1 aliphatic heterocycles. The van der Waals surface area contributed by atoms with Gasteiger partial charge in [-0.1, -0.05) is 35.4 Å². The van der Waals surface area contributed by atoms with Gasteiger partial charge in [0.2, 0.25) is 0 Å². The first-order chi connectivity index (χ1) is 17.3. The monoisotopic (exact) mass is 498 g/mol. The van der Waals surface area contributed by atoms with E-state index in [1.807, 2.05) is 30.3 Å². The minimum absolute atomic E-state index is 0.0730. The number of halogens is 3. The standard InChI is InChI=1S/C23H21F3N8O2/c24-23(25,26)15-10-16(19-18(11-15)27-13-28-19)20(35)29-17-8-4-5-9-33(21(17)36)22-30-31-32-34(22)12-14-6-2-1-3-7-14/h1-3,6-7,10-11,13,17H,4-5,8-9,12H2,(H,27,28)(H,29,35). The number of H-pyrrole nitrogens is 1. The first-order valence-electron chi connectivity index (χ1n) is 11.3. The smallest absolute Gasteiger partial charge is 0.345 e. The highest BCUT2D eigenvalue weighted by Gasteiger charge is 2.35. The Balaban J connectivity index is 1.40. The Morgan fingerprint density at radius 1 is 1.17 bits per heavy atom. The maximum Gasteiger partial charge on any atom is 0.416 e. The zero-order valence-corrected chi connectivity index (χ0v) is 18.9. The van der Waals surface area contributed by atoms with Gasteiger partial charge in [-0.25, -0.2) is 9.67 Å². The van der Waals surface area contributed by atoms with Crippen LogP contribution in [0.3, 0.4) is 0 Å². The molecule has 186 valence electrons. The van der Waals surface area contributed by atoms with Gasteiger partial charge in [0.05, 0.1) is 29.5 Å². The number of carbonyl (C=O) groups excluding carboxylic acids is 2. The molecular weight excluding hydrogens is 477 g/mol. The normalized spacial score (nSPS) is 16.8. The van der Waals surface area contributed by atoms with Crippen molar-refractivity contribution in [3.63, 3.8) is 0 Å². The van der Waals surface area contributed by atoms with Gasteiger partial charge >= 0.3 is 6.18 Å². The molecule has 13 heteroatoms. The number of tetrazole rings is 1. The summed E-state index contributed by atoms with van der Waals surface area (Å²) in [5.41, 5.74) is -0.156. The maximum absolute atomic E-state index is 13.5. The number of hydrogen-bond acceptors (Lipinski definition) is 6. The van der Waals surface area contributed by atoms with Gasteiger partial charge in [0.1, 0.15) is 11.6 Å². The minimum Gasteiger partial charge on any atom is -0.345 e. The maximum atomic E-state index is 13.5. The molecule has 2 aromatic carbocycles. The van der Waals surface area contributed by atoms with Gasteiger partial charge < -0.3 is 10.3 Å². The second-order valence-electron chi connectivity index (χ2n) is 8.45. The van der Waals surface area contributed by atoms with E-state index >= 15 is 0 Å². The Kier molecular flexibility index (Phi) is 6.12. The van der Waals surface area contributed by atoms with Crippen molar-refractivity contribution >= 4 is 28.8 Å². The van der Waals surface area contributed by atoms with Crippen LogP contribution in [0.5, 0.6) is 0 Å². The van der Waals surface area contributed by atoms with Gasteiger partial charge in [-0.15, -0.1) is 0 Å². The molecule has 10 nitrogen and oxygen atoms in total. The number of aromatic amines is 1. The van der Waals surface area contributed by atoms with Crippen LogP contribution in [-0.4, -0.2) is 54.6 Å². The Hall–Kier alpha value is -4.29. The molecule has 2 N–H and O–H groups in total. The molecule has 0 saturated carbocycles. The van der Waals surface area contributed by atoms with Gasteiger partial charge in [0, 0.05) is 6.54 Å². The molecule has 1 saturated heterocycles. The van der Waals surface area contributed by atoms with Crippen LogP contribution in [0.4, 0.5) is 19.1 Å². The van der Waals surface area contributed by atoms with Crippen LogP contribution in [0.2, 0.25) is 0 Å². The van der Waals surface area contributed by atoms with Crippen molar-refractivity contribution < 1.29 is 22.8 Å². The lowest BCUT2D eigenvalue weighted by Crippen LogP contribution is -2.48. The number of amides is 2. The SMILES string of the molecule is O=C(NC1CCCCN(c2nnnn2Cc2ccccc2)C1=O)c1cc(C(F)(F)F)cc2[nH]cnc12. The van der Waals surface area contributed by atoms with Crippen molar-refractivity contribution in [1.29, 1.82) is 0 Å². The van der Waals surface area contributed by atoms with Gasteiger partial charge in [0.15, 0.2) is 0 Å². The van der Waals surface area contributed by atoms with Crippen LogP contribution in [0.1, 0.15) is 40.7 Å². The average molecular weight is 498 g/mol. The summed E-state index contributed by atoms with van der Waals surface area (Å²) in [4.78, 5) is 34.6. The van der Waals surface area contributed by atoms with E-state index in [2.05, 4.69) is 30.8 Å². The topological polar surface area (TPSA) is 122 Å². The molecule has 1 aliphatic rings. The fourth-order valence-corrected chi connectivity index (χ4v) is 4.25. The third kappa shape index (κ3) is 4.63. The number of hydrogen-bond donors (Lipinski definition) is 2. The van der Waals surface area contributed by atoms with Gasteiger partial charge in [0.25, 0.3) is 17.8 Å². The summed E-state index contributed by atoms with van der Waals surface area (Å²) in [7, 11) is 0. The molecule has 2 aromatic heterocycles. The Morgan fingerprint density at radius 3 is 2.75 bits per heavy atom. The predicted octanol–water partition coefficient (Wildman–Crippen LogP) is 2.93. The lowest BCUT2D eigenvalue weighted by molar-refractivity contribution is -0.137. The van der Waals surface area contributed by atoms with E-state index in [9.17, 15) is 22.8 Å². The van der Waals surface area contributed by atoms with Crippen molar-refractivity contribution in [2.75, 3.05) is 11.4 Å².